The first-order valence-electron chi connectivity index (χ1n) is 9.20. The lowest BCUT2D eigenvalue weighted by atomic mass is 10.0. The van der Waals surface area contributed by atoms with Gasteiger partial charge >= 0.3 is 0 Å². The monoisotopic (exact) mass is 428 g/mol. The summed E-state index contributed by atoms with van der Waals surface area (Å²) < 4.78 is 37.2. The number of methoxy groups -OCH3 is 1. The van der Waals surface area contributed by atoms with Crippen LogP contribution in [0.3, 0.4) is 0 Å². The third-order valence-electron chi connectivity index (χ3n) is 4.71. The van der Waals surface area contributed by atoms with Crippen LogP contribution in [0.1, 0.15) is 23.8 Å². The molecule has 0 radical (unpaired) electrons. The average molecular weight is 428 g/mol. The summed E-state index contributed by atoms with van der Waals surface area (Å²) in [6.07, 6.45) is 2.06. The van der Waals surface area contributed by atoms with E-state index >= 15 is 0 Å². The zero-order valence-electron chi connectivity index (χ0n) is 16.0. The predicted molar refractivity (Wildman–Crippen MR) is 110 cm³/mol. The average Bonchev–Trinajstić information content (AvgIpc) is 3.44. The number of amides is 1. The molecule has 0 bridgehead atoms. The van der Waals surface area contributed by atoms with E-state index in [0.717, 1.165) is 40.9 Å². The highest BCUT2D eigenvalue weighted by Crippen LogP contribution is 2.34. The van der Waals surface area contributed by atoms with Gasteiger partial charge in [-0.15, -0.1) is 11.8 Å². The summed E-state index contributed by atoms with van der Waals surface area (Å²) in [7, 11) is 1.60. The molecule has 4 rings (SSSR count). The number of rotatable bonds is 6. The fraction of sp³-hybridized carbons (Fsp3) is 0.182. The first-order chi connectivity index (χ1) is 14.5. The van der Waals surface area contributed by atoms with Crippen LogP contribution in [-0.4, -0.2) is 29.5 Å². The van der Waals surface area contributed by atoms with Gasteiger partial charge in [-0.2, -0.15) is 5.10 Å². The summed E-state index contributed by atoms with van der Waals surface area (Å²) in [6, 6.07) is 14.2. The molecule has 0 fully saturated rings. The zero-order valence-corrected chi connectivity index (χ0v) is 16.9. The summed E-state index contributed by atoms with van der Waals surface area (Å²) in [6.45, 7) is 0. The number of ether oxygens (including phenoxy) is 1. The Hall–Kier alpha value is -3.13. The van der Waals surface area contributed by atoms with Crippen molar-refractivity contribution in [3.8, 4) is 5.75 Å². The molecular formula is C22H18F2N2O3S. The summed E-state index contributed by atoms with van der Waals surface area (Å²) >= 11 is 1.13. The van der Waals surface area contributed by atoms with E-state index in [1.165, 1.54) is 11.1 Å². The number of halogens is 2. The van der Waals surface area contributed by atoms with E-state index in [9.17, 15) is 13.6 Å². The molecule has 0 saturated heterocycles. The minimum absolute atomic E-state index is 0.0294. The van der Waals surface area contributed by atoms with Crippen molar-refractivity contribution in [1.82, 2.24) is 5.01 Å². The zero-order chi connectivity index (χ0) is 21.1. The van der Waals surface area contributed by atoms with Gasteiger partial charge in [0.15, 0.2) is 11.6 Å². The molecule has 1 amide bonds. The number of hydrazone groups is 1. The SMILES string of the molecule is COc1ccc(C2=NN(C(=O)CSc3ccc(F)c(F)c3)[C@H](c3ccco3)C2)cc1. The van der Waals surface area contributed by atoms with Crippen LogP contribution < -0.4 is 4.74 Å². The fourth-order valence-electron chi connectivity index (χ4n) is 3.18. The van der Waals surface area contributed by atoms with E-state index in [2.05, 4.69) is 5.10 Å². The normalized spacial score (nSPS) is 15.9. The molecule has 3 aromatic rings. The lowest BCUT2D eigenvalue weighted by Gasteiger charge is -2.19. The highest BCUT2D eigenvalue weighted by molar-refractivity contribution is 8.00. The van der Waals surface area contributed by atoms with Crippen LogP contribution in [0.15, 0.2) is 75.3 Å². The van der Waals surface area contributed by atoms with Crippen molar-refractivity contribution in [2.45, 2.75) is 17.4 Å². The summed E-state index contributed by atoms with van der Waals surface area (Å²) in [4.78, 5) is 13.4. The van der Waals surface area contributed by atoms with Gasteiger partial charge in [0.25, 0.3) is 5.91 Å². The molecule has 5 nitrogen and oxygen atoms in total. The molecule has 0 unspecified atom stereocenters. The highest BCUT2D eigenvalue weighted by Gasteiger charge is 2.34. The highest BCUT2D eigenvalue weighted by atomic mass is 32.2. The summed E-state index contributed by atoms with van der Waals surface area (Å²) in [5.74, 6) is -0.723. The topological polar surface area (TPSA) is 55.0 Å². The van der Waals surface area contributed by atoms with E-state index in [1.807, 2.05) is 24.3 Å². The molecule has 2 aromatic carbocycles. The van der Waals surface area contributed by atoms with Crippen molar-refractivity contribution in [1.29, 1.82) is 0 Å². The van der Waals surface area contributed by atoms with Crippen LogP contribution in [0.5, 0.6) is 5.75 Å². The van der Waals surface area contributed by atoms with Gasteiger partial charge < -0.3 is 9.15 Å². The fourth-order valence-corrected chi connectivity index (χ4v) is 3.95. The first-order valence-corrected chi connectivity index (χ1v) is 10.2. The maximum atomic E-state index is 13.4. The Morgan fingerprint density at radius 1 is 1.20 bits per heavy atom. The number of nitrogens with zero attached hydrogens (tertiary/aromatic N) is 2. The molecule has 0 saturated carbocycles. The van der Waals surface area contributed by atoms with Gasteiger partial charge in [-0.25, -0.2) is 13.8 Å². The van der Waals surface area contributed by atoms with Crippen molar-refractivity contribution in [3.05, 3.63) is 83.8 Å². The second-order valence-electron chi connectivity index (χ2n) is 6.61. The minimum atomic E-state index is -0.943. The molecule has 0 spiro atoms. The van der Waals surface area contributed by atoms with Gasteiger partial charge in [-0.05, 0) is 60.2 Å². The molecule has 1 aromatic heterocycles. The van der Waals surface area contributed by atoms with E-state index in [0.29, 0.717) is 17.1 Å². The largest absolute Gasteiger partial charge is 0.497 e. The van der Waals surface area contributed by atoms with Crippen molar-refractivity contribution in [3.63, 3.8) is 0 Å². The summed E-state index contributed by atoms with van der Waals surface area (Å²) in [5.41, 5.74) is 1.64. The van der Waals surface area contributed by atoms with E-state index in [1.54, 1.807) is 25.5 Å². The molecule has 0 aliphatic carbocycles. The first kappa shape index (κ1) is 20.2. The molecule has 154 valence electrons. The van der Waals surface area contributed by atoms with Gasteiger partial charge in [0.05, 0.1) is 24.8 Å². The summed E-state index contributed by atoms with van der Waals surface area (Å²) in [5, 5.41) is 5.96. The number of carbonyl (C=O) groups is 1. The number of furan rings is 1. The Kier molecular flexibility index (Phi) is 5.85. The number of benzene rings is 2. The van der Waals surface area contributed by atoms with E-state index < -0.39 is 11.6 Å². The van der Waals surface area contributed by atoms with Crippen LogP contribution in [0.2, 0.25) is 0 Å². The molecule has 1 aliphatic rings. The van der Waals surface area contributed by atoms with E-state index in [-0.39, 0.29) is 17.7 Å². The minimum Gasteiger partial charge on any atom is -0.497 e. The Balaban J connectivity index is 1.54. The Labute approximate surface area is 176 Å². The molecule has 2 heterocycles. The molecule has 1 aliphatic heterocycles. The van der Waals surface area contributed by atoms with Crippen LogP contribution in [0.25, 0.3) is 0 Å². The van der Waals surface area contributed by atoms with Crippen LogP contribution in [0, 0.1) is 11.6 Å². The predicted octanol–water partition coefficient (Wildman–Crippen LogP) is 5.04. The van der Waals surface area contributed by atoms with E-state index in [4.69, 9.17) is 9.15 Å². The van der Waals surface area contributed by atoms with Gasteiger partial charge in [-0.3, -0.25) is 4.79 Å². The maximum Gasteiger partial charge on any atom is 0.253 e. The number of hydrogen-bond donors (Lipinski definition) is 0. The van der Waals surface area contributed by atoms with Crippen molar-refractivity contribution in [2.75, 3.05) is 12.9 Å². The Morgan fingerprint density at radius 2 is 2.00 bits per heavy atom. The standard InChI is InChI=1S/C22H18F2N2O3S/c1-28-15-6-4-14(5-7-15)19-12-20(21-3-2-10-29-21)26(25-19)22(27)13-30-16-8-9-17(23)18(24)11-16/h2-11,20H,12-13H2,1H3/t20-/m0/s1. The van der Waals surface area contributed by atoms with Crippen molar-refractivity contribution >= 4 is 23.4 Å². The van der Waals surface area contributed by atoms with Crippen LogP contribution in [0.4, 0.5) is 8.78 Å². The lowest BCUT2D eigenvalue weighted by molar-refractivity contribution is -0.130. The number of hydrogen-bond acceptors (Lipinski definition) is 5. The Morgan fingerprint density at radius 3 is 2.67 bits per heavy atom. The third-order valence-corrected chi connectivity index (χ3v) is 5.69. The second-order valence-corrected chi connectivity index (χ2v) is 7.66. The van der Waals surface area contributed by atoms with Crippen LogP contribution >= 0.6 is 11.8 Å². The molecule has 0 N–H and O–H groups in total. The maximum absolute atomic E-state index is 13.4. The second kappa shape index (κ2) is 8.71. The van der Waals surface area contributed by atoms with Crippen molar-refractivity contribution in [2.24, 2.45) is 5.10 Å². The quantitative estimate of drug-likeness (QED) is 0.517. The molecule has 30 heavy (non-hydrogen) atoms. The van der Waals surface area contributed by atoms with Gasteiger partial charge in [-0.1, -0.05) is 0 Å². The molecule has 1 atom stereocenters. The molecule has 8 heteroatoms. The van der Waals surface area contributed by atoms with Gasteiger partial charge in [0.1, 0.15) is 17.6 Å². The lowest BCUT2D eigenvalue weighted by Crippen LogP contribution is -2.28. The van der Waals surface area contributed by atoms with Crippen molar-refractivity contribution < 1.29 is 22.7 Å². The number of carbonyl (C=O) groups excluding carboxylic acids is 1. The number of thioether (sulfide) groups is 1. The molecular weight excluding hydrogens is 410 g/mol. The van der Waals surface area contributed by atoms with Crippen LogP contribution in [-0.2, 0) is 4.79 Å². The van der Waals surface area contributed by atoms with Gasteiger partial charge in [0, 0.05) is 11.3 Å². The van der Waals surface area contributed by atoms with Gasteiger partial charge in [0.2, 0.25) is 0 Å². The smallest absolute Gasteiger partial charge is 0.253 e. The Bertz CT molecular complexity index is 1070. The third kappa shape index (κ3) is 4.23.